The van der Waals surface area contributed by atoms with E-state index in [2.05, 4.69) is 4.74 Å². The average molecular weight is 353 g/mol. The highest BCUT2D eigenvalue weighted by Gasteiger charge is 2.58. The zero-order valence-electron chi connectivity index (χ0n) is 13.6. The highest BCUT2D eigenvalue weighted by atomic mass is 19.4. The summed E-state index contributed by atoms with van der Waals surface area (Å²) in [5.41, 5.74) is -1.29. The van der Waals surface area contributed by atoms with Crippen LogP contribution in [0.4, 0.5) is 13.2 Å². The molecule has 25 heavy (non-hydrogen) atoms. The molecule has 1 N–H and O–H groups in total. The van der Waals surface area contributed by atoms with Crippen LogP contribution in [0.3, 0.4) is 0 Å². The summed E-state index contributed by atoms with van der Waals surface area (Å²) in [5.74, 6) is -1.85. The number of hydrogen-bond acceptors (Lipinski definition) is 3. The first kappa shape index (κ1) is 18.8. The van der Waals surface area contributed by atoms with Gasteiger partial charge in [-0.15, -0.1) is 0 Å². The van der Waals surface area contributed by atoms with Crippen molar-refractivity contribution in [3.8, 4) is 0 Å². The number of carbonyl (C=O) groups excluding carboxylic acids is 2. The highest BCUT2D eigenvalue weighted by Crippen LogP contribution is 2.46. The summed E-state index contributed by atoms with van der Waals surface area (Å²) >= 11 is 0. The lowest BCUT2D eigenvalue weighted by atomic mass is 9.77. The van der Waals surface area contributed by atoms with E-state index in [-0.39, 0.29) is 6.42 Å². The van der Waals surface area contributed by atoms with Gasteiger partial charge in [0.15, 0.2) is 12.1 Å². The van der Waals surface area contributed by atoms with Gasteiger partial charge in [-0.1, -0.05) is 55.5 Å². The van der Waals surface area contributed by atoms with Crippen LogP contribution in [-0.4, -0.2) is 24.8 Å². The molecule has 0 aromatic heterocycles. The number of nitrogens with one attached hydrogen (secondary N) is 1. The quantitative estimate of drug-likeness (QED) is 0.650. The lowest BCUT2D eigenvalue weighted by Gasteiger charge is -2.33. The van der Waals surface area contributed by atoms with E-state index < -0.39 is 36.6 Å². The minimum absolute atomic E-state index is 0.0728. The highest BCUT2D eigenvalue weighted by molar-refractivity contribution is 5.89. The fraction of sp³-hybridized carbons (Fsp3) is 0.333. The maximum absolute atomic E-state index is 13.6. The van der Waals surface area contributed by atoms with Crippen LogP contribution in [0.25, 0.3) is 5.57 Å². The predicted octanol–water partition coefficient (Wildman–Crippen LogP) is 3.61. The Hall–Kier alpha value is -2.57. The van der Waals surface area contributed by atoms with Crippen LogP contribution in [0.5, 0.6) is 0 Å². The summed E-state index contributed by atoms with van der Waals surface area (Å²) in [6, 6.07) is 8.93. The molecule has 1 unspecified atom stereocenters. The fourth-order valence-electron chi connectivity index (χ4n) is 2.43. The number of allylic oxidation sites excluding steroid dienone is 3. The van der Waals surface area contributed by atoms with Gasteiger partial charge < -0.3 is 10.1 Å². The number of hydrogen-bond donors (Lipinski definition) is 1. The molecule has 2 rings (SSSR count). The van der Waals surface area contributed by atoms with Crippen LogP contribution < -0.4 is 5.32 Å². The number of alkyl halides is 3. The summed E-state index contributed by atoms with van der Waals surface area (Å²) in [4.78, 5) is 23.2. The minimum Gasteiger partial charge on any atom is -0.444 e. The first-order valence-corrected chi connectivity index (χ1v) is 7.75. The van der Waals surface area contributed by atoms with E-state index in [4.69, 9.17) is 0 Å². The first-order valence-electron chi connectivity index (χ1n) is 7.75. The summed E-state index contributed by atoms with van der Waals surface area (Å²) in [5, 5.41) is 2.04. The standard InChI is InChI=1S/C18H18F3NO3/c1-2-15(23)25-12-22-16(24)17(18(19,20)21)10-8-14(9-11-17)13-6-4-3-5-7-13/h3-10H,2,11-12H2,1H3,(H,22,24). The van der Waals surface area contributed by atoms with Crippen LogP contribution in [-0.2, 0) is 14.3 Å². The Labute approximate surface area is 143 Å². The van der Waals surface area contributed by atoms with Gasteiger partial charge in [-0.2, -0.15) is 13.2 Å². The second kappa shape index (κ2) is 7.55. The molecule has 1 atom stereocenters. The maximum atomic E-state index is 13.6. The van der Waals surface area contributed by atoms with Crippen molar-refractivity contribution in [2.75, 3.05) is 6.73 Å². The van der Waals surface area contributed by atoms with Crippen molar-refractivity contribution in [3.63, 3.8) is 0 Å². The molecule has 0 radical (unpaired) electrons. The van der Waals surface area contributed by atoms with Crippen LogP contribution >= 0.6 is 0 Å². The van der Waals surface area contributed by atoms with Crippen molar-refractivity contribution in [2.24, 2.45) is 5.41 Å². The van der Waals surface area contributed by atoms with E-state index >= 15 is 0 Å². The van der Waals surface area contributed by atoms with Crippen molar-refractivity contribution in [1.82, 2.24) is 5.32 Å². The molecule has 4 nitrogen and oxygen atoms in total. The normalized spacial score (nSPS) is 19.9. The first-order chi connectivity index (χ1) is 11.8. The molecule has 1 aliphatic rings. The van der Waals surface area contributed by atoms with E-state index in [0.717, 1.165) is 11.6 Å². The Balaban J connectivity index is 2.16. The van der Waals surface area contributed by atoms with E-state index in [1.807, 2.05) is 11.4 Å². The van der Waals surface area contributed by atoms with Gasteiger partial charge in [0, 0.05) is 6.42 Å². The second-order valence-electron chi connectivity index (χ2n) is 5.55. The van der Waals surface area contributed by atoms with E-state index in [9.17, 15) is 22.8 Å². The number of carbonyl (C=O) groups is 2. The minimum atomic E-state index is -4.78. The third-order valence-electron chi connectivity index (χ3n) is 3.96. The Kier molecular flexibility index (Phi) is 5.66. The molecule has 1 amide bonds. The molecule has 0 bridgehead atoms. The summed E-state index contributed by atoms with van der Waals surface area (Å²) in [6.45, 7) is 0.952. The van der Waals surface area contributed by atoms with Crippen molar-refractivity contribution in [1.29, 1.82) is 0 Å². The molecule has 0 spiro atoms. The van der Waals surface area contributed by atoms with Gasteiger partial charge in [0.1, 0.15) is 0 Å². The molecule has 1 aromatic carbocycles. The molecule has 1 aromatic rings. The molecule has 134 valence electrons. The number of rotatable bonds is 5. The lowest BCUT2D eigenvalue weighted by Crippen LogP contribution is -2.50. The number of benzene rings is 1. The topological polar surface area (TPSA) is 55.4 Å². The van der Waals surface area contributed by atoms with E-state index in [1.54, 1.807) is 31.2 Å². The lowest BCUT2D eigenvalue weighted by molar-refractivity contribution is -0.207. The van der Waals surface area contributed by atoms with Crippen LogP contribution in [0.1, 0.15) is 25.3 Å². The fourth-order valence-corrected chi connectivity index (χ4v) is 2.43. The molecule has 0 saturated heterocycles. The largest absolute Gasteiger partial charge is 0.444 e. The van der Waals surface area contributed by atoms with Crippen LogP contribution in [0, 0.1) is 5.41 Å². The predicted molar refractivity (Wildman–Crippen MR) is 86.1 cm³/mol. The van der Waals surface area contributed by atoms with Gasteiger partial charge in [-0.25, -0.2) is 0 Å². The van der Waals surface area contributed by atoms with Crippen molar-refractivity contribution < 1.29 is 27.5 Å². The molecule has 0 fully saturated rings. The van der Waals surface area contributed by atoms with Gasteiger partial charge in [0.2, 0.25) is 5.91 Å². The monoisotopic (exact) mass is 353 g/mol. The third kappa shape index (κ3) is 4.10. The van der Waals surface area contributed by atoms with E-state index in [0.29, 0.717) is 5.57 Å². The molecule has 0 saturated carbocycles. The average Bonchev–Trinajstić information content (AvgIpc) is 2.61. The Morgan fingerprint density at radius 3 is 2.44 bits per heavy atom. The van der Waals surface area contributed by atoms with Gasteiger partial charge in [-0.05, 0) is 17.6 Å². The Morgan fingerprint density at radius 2 is 1.92 bits per heavy atom. The molecule has 1 aliphatic carbocycles. The Bertz CT molecular complexity index is 695. The summed E-state index contributed by atoms with van der Waals surface area (Å²) in [7, 11) is 0. The van der Waals surface area contributed by atoms with Crippen molar-refractivity contribution >= 4 is 17.4 Å². The van der Waals surface area contributed by atoms with E-state index in [1.165, 1.54) is 12.2 Å². The third-order valence-corrected chi connectivity index (χ3v) is 3.96. The van der Waals surface area contributed by atoms with Gasteiger partial charge in [0.25, 0.3) is 0 Å². The zero-order valence-corrected chi connectivity index (χ0v) is 13.6. The second-order valence-corrected chi connectivity index (χ2v) is 5.55. The number of esters is 1. The van der Waals surface area contributed by atoms with Crippen molar-refractivity contribution in [2.45, 2.75) is 25.9 Å². The Morgan fingerprint density at radius 1 is 1.24 bits per heavy atom. The van der Waals surface area contributed by atoms with Crippen molar-refractivity contribution in [3.05, 3.63) is 54.1 Å². The number of amides is 1. The summed E-state index contributed by atoms with van der Waals surface area (Å²) < 4.78 is 45.4. The number of halogens is 3. The molecular formula is C18H18F3NO3. The van der Waals surface area contributed by atoms with Crippen LogP contribution in [0.15, 0.2) is 48.6 Å². The number of ether oxygens (including phenoxy) is 1. The molecule has 0 heterocycles. The summed E-state index contributed by atoms with van der Waals surface area (Å²) in [6.07, 6.45) is -1.67. The zero-order chi connectivity index (χ0) is 18.5. The molecule has 0 aliphatic heterocycles. The molecular weight excluding hydrogens is 335 g/mol. The van der Waals surface area contributed by atoms with Crippen LogP contribution in [0.2, 0.25) is 0 Å². The SMILES string of the molecule is CCC(=O)OCNC(=O)C1(C(F)(F)F)C=CC(c2ccccc2)=CC1. The molecule has 7 heteroatoms. The maximum Gasteiger partial charge on any atom is 0.406 e. The smallest absolute Gasteiger partial charge is 0.406 e. The van der Waals surface area contributed by atoms with Gasteiger partial charge in [0.05, 0.1) is 0 Å². The van der Waals surface area contributed by atoms with Gasteiger partial charge >= 0.3 is 12.1 Å². The van der Waals surface area contributed by atoms with Gasteiger partial charge in [-0.3, -0.25) is 9.59 Å².